The third-order valence-corrected chi connectivity index (χ3v) is 2.33. The van der Waals surface area contributed by atoms with Gasteiger partial charge in [0.1, 0.15) is 0 Å². The van der Waals surface area contributed by atoms with Gasteiger partial charge in [-0.25, -0.2) is 4.98 Å². The van der Waals surface area contributed by atoms with Crippen LogP contribution in [0.5, 0.6) is 0 Å². The van der Waals surface area contributed by atoms with E-state index in [0.717, 1.165) is 0 Å². The maximum Gasteiger partial charge on any atom is 0.228 e. The number of pyridine rings is 1. The van der Waals surface area contributed by atoms with E-state index in [2.05, 4.69) is 16.8 Å². The van der Waals surface area contributed by atoms with Crippen molar-refractivity contribution >= 4 is 16.9 Å². The lowest BCUT2D eigenvalue weighted by Gasteiger charge is -1.91. The summed E-state index contributed by atoms with van der Waals surface area (Å²) in [6, 6.07) is 3.21. The highest BCUT2D eigenvalue weighted by molar-refractivity contribution is 8.13. The summed E-state index contributed by atoms with van der Waals surface area (Å²) < 4.78 is 13.0. The van der Waals surface area contributed by atoms with Crippen molar-refractivity contribution in [1.29, 1.82) is 0 Å². The average Bonchev–Trinajstić information content (AvgIpc) is 2.20. The van der Waals surface area contributed by atoms with Crippen LogP contribution < -0.4 is 0 Å². The lowest BCUT2D eigenvalue weighted by Crippen LogP contribution is -1.87. The summed E-state index contributed by atoms with van der Waals surface area (Å²) in [5.74, 6) is 5.56. The van der Waals surface area contributed by atoms with Crippen molar-refractivity contribution in [3.8, 4) is 11.8 Å². The van der Waals surface area contributed by atoms with Gasteiger partial charge in [-0.1, -0.05) is 23.6 Å². The Morgan fingerprint density at radius 2 is 2.47 bits per heavy atom. The van der Waals surface area contributed by atoms with Crippen LogP contribution in [-0.4, -0.2) is 15.9 Å². The summed E-state index contributed by atoms with van der Waals surface area (Å²) >= 11 is 1.22. The number of hydrogen-bond acceptors (Lipinski definition) is 3. The van der Waals surface area contributed by atoms with Crippen molar-refractivity contribution in [2.75, 3.05) is 5.75 Å². The van der Waals surface area contributed by atoms with Gasteiger partial charge in [0.2, 0.25) is 5.95 Å². The number of carbonyl (C=O) groups is 1. The molecule has 1 rings (SSSR count). The number of halogens is 1. The minimum absolute atomic E-state index is 0.0735. The molecule has 4 heteroatoms. The first-order chi connectivity index (χ1) is 7.20. The third-order valence-electron chi connectivity index (χ3n) is 1.51. The zero-order chi connectivity index (χ0) is 11.1. The molecule has 15 heavy (non-hydrogen) atoms. The van der Waals surface area contributed by atoms with Crippen molar-refractivity contribution < 1.29 is 9.18 Å². The van der Waals surface area contributed by atoms with Crippen LogP contribution in [0.4, 0.5) is 4.39 Å². The number of rotatable bonds is 2. The lowest BCUT2D eigenvalue weighted by atomic mass is 10.3. The molecule has 1 aromatic rings. The molecule has 1 heterocycles. The molecule has 0 aliphatic carbocycles. The highest BCUT2D eigenvalue weighted by atomic mass is 32.2. The van der Waals surface area contributed by atoms with Gasteiger partial charge >= 0.3 is 0 Å². The molecule has 0 aromatic carbocycles. The topological polar surface area (TPSA) is 30.0 Å². The quantitative estimate of drug-likeness (QED) is 0.437. The largest absolute Gasteiger partial charge is 0.288 e. The van der Waals surface area contributed by atoms with E-state index in [9.17, 15) is 9.18 Å². The molecular weight excluding hydrogens is 213 g/mol. The molecule has 0 N–H and O–H groups in total. The van der Waals surface area contributed by atoms with Gasteiger partial charge in [0.05, 0.1) is 5.56 Å². The second kappa shape index (κ2) is 6.20. The van der Waals surface area contributed by atoms with Crippen LogP contribution in [0.1, 0.15) is 18.9 Å². The fourth-order valence-corrected chi connectivity index (χ4v) is 1.37. The number of aromatic nitrogens is 1. The summed E-state index contributed by atoms with van der Waals surface area (Å²) in [5, 5.41) is 0.0735. The molecule has 1 aromatic heterocycles. The van der Waals surface area contributed by atoms with Gasteiger partial charge < -0.3 is 0 Å². The van der Waals surface area contributed by atoms with E-state index in [1.165, 1.54) is 24.9 Å². The van der Waals surface area contributed by atoms with Crippen LogP contribution in [0.25, 0.3) is 0 Å². The minimum Gasteiger partial charge on any atom is -0.288 e. The Kier molecular flexibility index (Phi) is 4.85. The molecule has 0 aliphatic rings. The molecule has 0 saturated carbocycles. The van der Waals surface area contributed by atoms with E-state index in [1.54, 1.807) is 12.1 Å². The molecule has 0 spiro atoms. The smallest absolute Gasteiger partial charge is 0.228 e. The summed E-state index contributed by atoms with van der Waals surface area (Å²) in [6.07, 6.45) is 1.95. The second-order valence-electron chi connectivity index (χ2n) is 2.73. The zero-order valence-corrected chi connectivity index (χ0v) is 9.10. The summed E-state index contributed by atoms with van der Waals surface area (Å²) in [7, 11) is 0. The van der Waals surface area contributed by atoms with Crippen LogP contribution in [0.15, 0.2) is 18.3 Å². The van der Waals surface area contributed by atoms with Crippen LogP contribution in [0.3, 0.4) is 0 Å². The number of nitrogens with zero attached hydrogens (tertiary/aromatic N) is 1. The zero-order valence-electron chi connectivity index (χ0n) is 8.29. The van der Waals surface area contributed by atoms with E-state index in [0.29, 0.717) is 17.7 Å². The van der Waals surface area contributed by atoms with Crippen molar-refractivity contribution in [1.82, 2.24) is 4.98 Å². The second-order valence-corrected chi connectivity index (χ2v) is 4.01. The molecule has 0 saturated heterocycles. The highest BCUT2D eigenvalue weighted by Crippen LogP contribution is 2.03. The van der Waals surface area contributed by atoms with Gasteiger partial charge in [-0.05, 0) is 12.1 Å². The molecule has 0 bridgehead atoms. The lowest BCUT2D eigenvalue weighted by molar-refractivity contribution is -0.109. The maximum atomic E-state index is 13.0. The van der Waals surface area contributed by atoms with Gasteiger partial charge in [0.15, 0.2) is 5.12 Å². The van der Waals surface area contributed by atoms with E-state index in [-0.39, 0.29) is 5.12 Å². The standard InChI is InChI=1S/C11H10FNOS/c1-9(14)15-8-3-2-5-10-6-4-7-13-11(10)12/h4,6-7H,3,8H2,1H3. The Hall–Kier alpha value is -1.34. The van der Waals surface area contributed by atoms with E-state index in [4.69, 9.17) is 0 Å². The first-order valence-electron chi connectivity index (χ1n) is 4.43. The molecule has 0 atom stereocenters. The predicted octanol–water partition coefficient (Wildman–Crippen LogP) is 2.24. The monoisotopic (exact) mass is 223 g/mol. The number of carbonyl (C=O) groups excluding carboxylic acids is 1. The molecule has 0 radical (unpaired) electrons. The molecule has 0 fully saturated rings. The van der Waals surface area contributed by atoms with Crippen molar-refractivity contribution in [3.63, 3.8) is 0 Å². The van der Waals surface area contributed by atoms with Gasteiger partial charge in [-0.2, -0.15) is 4.39 Å². The van der Waals surface area contributed by atoms with Gasteiger partial charge in [-0.3, -0.25) is 4.79 Å². The van der Waals surface area contributed by atoms with Crippen molar-refractivity contribution in [2.24, 2.45) is 0 Å². The van der Waals surface area contributed by atoms with E-state index >= 15 is 0 Å². The molecule has 0 aliphatic heterocycles. The van der Waals surface area contributed by atoms with Gasteiger partial charge in [0.25, 0.3) is 0 Å². The molecule has 0 amide bonds. The summed E-state index contributed by atoms with van der Waals surface area (Å²) in [4.78, 5) is 14.1. The van der Waals surface area contributed by atoms with E-state index in [1.807, 2.05) is 0 Å². The molecule has 2 nitrogen and oxygen atoms in total. The Labute approximate surface area is 92.3 Å². The van der Waals surface area contributed by atoms with Gasteiger partial charge in [0, 0.05) is 25.3 Å². The Balaban J connectivity index is 2.45. The highest BCUT2D eigenvalue weighted by Gasteiger charge is 1.96. The SMILES string of the molecule is CC(=O)SCCC#Cc1cccnc1F. The Bertz CT molecular complexity index is 409. The normalized spacial score (nSPS) is 9.20. The third kappa shape index (κ3) is 4.61. The van der Waals surface area contributed by atoms with Crippen LogP contribution >= 0.6 is 11.8 Å². The number of hydrogen-bond donors (Lipinski definition) is 0. The molecule has 78 valence electrons. The van der Waals surface area contributed by atoms with E-state index < -0.39 is 5.95 Å². The molecule has 0 unspecified atom stereocenters. The van der Waals surface area contributed by atoms with Crippen molar-refractivity contribution in [3.05, 3.63) is 29.8 Å². The minimum atomic E-state index is -0.552. The molecular formula is C11H10FNOS. The van der Waals surface area contributed by atoms with Crippen LogP contribution in [-0.2, 0) is 4.79 Å². The van der Waals surface area contributed by atoms with Crippen LogP contribution in [0.2, 0.25) is 0 Å². The maximum absolute atomic E-state index is 13.0. The van der Waals surface area contributed by atoms with Crippen LogP contribution in [0, 0.1) is 17.8 Å². The fourth-order valence-electron chi connectivity index (χ4n) is 0.883. The summed E-state index contributed by atoms with van der Waals surface area (Å²) in [5.41, 5.74) is 0.297. The first-order valence-corrected chi connectivity index (χ1v) is 5.41. The van der Waals surface area contributed by atoms with Gasteiger partial charge in [-0.15, -0.1) is 0 Å². The average molecular weight is 223 g/mol. The first kappa shape index (κ1) is 11.7. The predicted molar refractivity (Wildman–Crippen MR) is 58.8 cm³/mol. The Morgan fingerprint density at radius 3 is 3.13 bits per heavy atom. The fraction of sp³-hybridized carbons (Fsp3) is 0.273. The number of thioether (sulfide) groups is 1. The Morgan fingerprint density at radius 1 is 1.67 bits per heavy atom. The van der Waals surface area contributed by atoms with Crippen molar-refractivity contribution in [2.45, 2.75) is 13.3 Å². The summed E-state index contributed by atoms with van der Waals surface area (Å²) in [6.45, 7) is 1.51.